The van der Waals surface area contributed by atoms with Crippen molar-refractivity contribution in [1.82, 2.24) is 4.90 Å². The number of nitrogens with zero attached hydrogens (tertiary/aromatic N) is 1. The molecule has 4 nitrogen and oxygen atoms in total. The fourth-order valence-electron chi connectivity index (χ4n) is 1.85. The Kier molecular flexibility index (Phi) is 6.52. The van der Waals surface area contributed by atoms with E-state index in [1.165, 1.54) is 0 Å². The van der Waals surface area contributed by atoms with Crippen LogP contribution in [-0.4, -0.2) is 29.8 Å². The van der Waals surface area contributed by atoms with Gasteiger partial charge in [0, 0.05) is 23.8 Å². The zero-order chi connectivity index (χ0) is 15.1. The lowest BCUT2D eigenvalue weighted by Crippen LogP contribution is -2.40. The van der Waals surface area contributed by atoms with Gasteiger partial charge in [-0.05, 0) is 37.5 Å². The fraction of sp³-hybridized carbons (Fsp3) is 0.467. The molecular weight excluding hydrogens is 276 g/mol. The van der Waals surface area contributed by atoms with Gasteiger partial charge in [0.15, 0.2) is 0 Å². The Labute approximate surface area is 125 Å². The van der Waals surface area contributed by atoms with E-state index in [9.17, 15) is 9.59 Å². The monoisotopic (exact) mass is 296 g/mol. The second-order valence-corrected chi connectivity index (χ2v) is 5.12. The summed E-state index contributed by atoms with van der Waals surface area (Å²) in [5, 5.41) is 3.16. The van der Waals surface area contributed by atoms with E-state index in [4.69, 9.17) is 11.6 Å². The number of benzene rings is 1. The molecule has 0 radical (unpaired) electrons. The number of hydrogen-bond donors (Lipinski definition) is 1. The maximum absolute atomic E-state index is 12.1. The molecule has 1 rings (SSSR count). The Morgan fingerprint density at radius 2 is 1.80 bits per heavy atom. The van der Waals surface area contributed by atoms with E-state index in [2.05, 4.69) is 5.32 Å². The van der Waals surface area contributed by atoms with Gasteiger partial charge in [0.25, 0.3) is 0 Å². The molecule has 0 saturated carbocycles. The normalized spacial score (nSPS) is 10.2. The highest BCUT2D eigenvalue weighted by Crippen LogP contribution is 2.19. The fourth-order valence-corrected chi connectivity index (χ4v) is 2.03. The summed E-state index contributed by atoms with van der Waals surface area (Å²) in [6.07, 6.45) is 1.66. The van der Waals surface area contributed by atoms with Gasteiger partial charge in [-0.2, -0.15) is 0 Å². The molecule has 0 bridgehead atoms. The highest BCUT2D eigenvalue weighted by atomic mass is 35.5. The molecule has 0 heterocycles. The summed E-state index contributed by atoms with van der Waals surface area (Å²) in [5.41, 5.74) is 1.46. The molecule has 0 aliphatic heterocycles. The molecule has 0 aliphatic rings. The van der Waals surface area contributed by atoms with Crippen LogP contribution in [0.15, 0.2) is 18.2 Å². The smallest absolute Gasteiger partial charge is 0.313 e. The molecule has 1 aromatic rings. The number of rotatable bonds is 5. The van der Waals surface area contributed by atoms with E-state index in [1.807, 2.05) is 20.8 Å². The van der Waals surface area contributed by atoms with Crippen molar-refractivity contribution in [2.45, 2.75) is 33.6 Å². The van der Waals surface area contributed by atoms with Gasteiger partial charge < -0.3 is 10.2 Å². The van der Waals surface area contributed by atoms with E-state index in [-0.39, 0.29) is 0 Å². The van der Waals surface area contributed by atoms with E-state index >= 15 is 0 Å². The lowest BCUT2D eigenvalue weighted by atomic mass is 10.2. The summed E-state index contributed by atoms with van der Waals surface area (Å²) in [7, 11) is 0. The molecule has 1 aromatic carbocycles. The minimum atomic E-state index is -0.619. The lowest BCUT2D eigenvalue weighted by molar-refractivity contribution is -0.143. The Morgan fingerprint density at radius 1 is 1.20 bits per heavy atom. The lowest BCUT2D eigenvalue weighted by Gasteiger charge is -2.20. The quantitative estimate of drug-likeness (QED) is 0.848. The third-order valence-corrected chi connectivity index (χ3v) is 3.31. The van der Waals surface area contributed by atoms with Crippen LogP contribution in [0.25, 0.3) is 0 Å². The van der Waals surface area contributed by atoms with Crippen molar-refractivity contribution in [2.24, 2.45) is 0 Å². The molecule has 2 amide bonds. The van der Waals surface area contributed by atoms with Crippen molar-refractivity contribution >= 4 is 29.1 Å². The topological polar surface area (TPSA) is 49.4 Å². The van der Waals surface area contributed by atoms with E-state index < -0.39 is 11.8 Å². The van der Waals surface area contributed by atoms with Crippen molar-refractivity contribution in [3.05, 3.63) is 28.8 Å². The number of amides is 2. The van der Waals surface area contributed by atoms with Crippen molar-refractivity contribution in [3.63, 3.8) is 0 Å². The van der Waals surface area contributed by atoms with Crippen molar-refractivity contribution in [2.75, 3.05) is 18.4 Å². The van der Waals surface area contributed by atoms with E-state index in [1.54, 1.807) is 23.1 Å². The standard InChI is InChI=1S/C15H21ClN2O2/c1-4-8-18(9-5-2)15(20)14(19)17-12-7-6-11(3)13(16)10-12/h6-7,10H,4-5,8-9H2,1-3H3,(H,17,19). The summed E-state index contributed by atoms with van der Waals surface area (Å²) >= 11 is 5.99. The highest BCUT2D eigenvalue weighted by Gasteiger charge is 2.20. The third-order valence-electron chi connectivity index (χ3n) is 2.90. The predicted molar refractivity (Wildman–Crippen MR) is 82.0 cm³/mol. The Morgan fingerprint density at radius 3 is 2.30 bits per heavy atom. The Balaban J connectivity index is 2.73. The second-order valence-electron chi connectivity index (χ2n) is 4.71. The summed E-state index contributed by atoms with van der Waals surface area (Å²) < 4.78 is 0. The highest BCUT2D eigenvalue weighted by molar-refractivity contribution is 6.39. The van der Waals surface area contributed by atoms with Crippen LogP contribution in [0.5, 0.6) is 0 Å². The molecule has 20 heavy (non-hydrogen) atoms. The average molecular weight is 297 g/mol. The van der Waals surface area contributed by atoms with Crippen molar-refractivity contribution in [1.29, 1.82) is 0 Å². The van der Waals surface area contributed by atoms with Crippen LogP contribution in [0.1, 0.15) is 32.3 Å². The van der Waals surface area contributed by atoms with Gasteiger partial charge >= 0.3 is 11.8 Å². The molecule has 0 fully saturated rings. The number of hydrogen-bond acceptors (Lipinski definition) is 2. The van der Waals surface area contributed by atoms with Crippen LogP contribution >= 0.6 is 11.6 Å². The number of anilines is 1. The van der Waals surface area contributed by atoms with E-state index in [0.29, 0.717) is 23.8 Å². The van der Waals surface area contributed by atoms with Gasteiger partial charge in [0.05, 0.1) is 0 Å². The van der Waals surface area contributed by atoms with Crippen LogP contribution in [0.4, 0.5) is 5.69 Å². The number of carbonyl (C=O) groups excluding carboxylic acids is 2. The molecule has 1 N–H and O–H groups in total. The molecule has 0 atom stereocenters. The second kappa shape index (κ2) is 7.90. The van der Waals surface area contributed by atoms with E-state index in [0.717, 1.165) is 18.4 Å². The Bertz CT molecular complexity index is 483. The molecule has 0 aliphatic carbocycles. The minimum Gasteiger partial charge on any atom is -0.334 e. The first-order valence-electron chi connectivity index (χ1n) is 6.86. The zero-order valence-corrected chi connectivity index (χ0v) is 13.0. The first-order valence-corrected chi connectivity index (χ1v) is 7.23. The molecule has 0 aromatic heterocycles. The maximum Gasteiger partial charge on any atom is 0.313 e. The van der Waals surface area contributed by atoms with Crippen LogP contribution in [-0.2, 0) is 9.59 Å². The zero-order valence-electron chi connectivity index (χ0n) is 12.2. The predicted octanol–water partition coefficient (Wildman–Crippen LogP) is 3.24. The number of aryl methyl sites for hydroxylation is 1. The van der Waals surface area contributed by atoms with Gasteiger partial charge in [-0.3, -0.25) is 9.59 Å². The Hall–Kier alpha value is -1.55. The first-order chi connectivity index (χ1) is 9.49. The molecule has 0 unspecified atom stereocenters. The molecule has 0 spiro atoms. The molecule has 110 valence electrons. The SMILES string of the molecule is CCCN(CCC)C(=O)C(=O)Nc1ccc(C)c(Cl)c1. The number of nitrogens with one attached hydrogen (secondary N) is 1. The molecular formula is C15H21ClN2O2. The number of halogens is 1. The van der Waals surface area contributed by atoms with Crippen LogP contribution in [0, 0.1) is 6.92 Å². The van der Waals surface area contributed by atoms with Gasteiger partial charge in [0.2, 0.25) is 0 Å². The number of carbonyl (C=O) groups is 2. The van der Waals surface area contributed by atoms with Crippen molar-refractivity contribution < 1.29 is 9.59 Å². The maximum atomic E-state index is 12.1. The van der Waals surface area contributed by atoms with Crippen LogP contribution < -0.4 is 5.32 Å². The van der Waals surface area contributed by atoms with Crippen LogP contribution in [0.2, 0.25) is 5.02 Å². The summed E-state index contributed by atoms with van der Waals surface area (Å²) in [5.74, 6) is -1.11. The van der Waals surface area contributed by atoms with Gasteiger partial charge in [-0.1, -0.05) is 31.5 Å². The first kappa shape index (κ1) is 16.5. The van der Waals surface area contributed by atoms with Gasteiger partial charge in [-0.15, -0.1) is 0 Å². The average Bonchev–Trinajstić information content (AvgIpc) is 2.42. The van der Waals surface area contributed by atoms with Gasteiger partial charge in [0.1, 0.15) is 0 Å². The summed E-state index contributed by atoms with van der Waals surface area (Å²) in [4.78, 5) is 25.6. The van der Waals surface area contributed by atoms with Crippen LogP contribution in [0.3, 0.4) is 0 Å². The summed E-state index contributed by atoms with van der Waals surface area (Å²) in [6, 6.07) is 5.18. The molecule has 5 heteroatoms. The van der Waals surface area contributed by atoms with Gasteiger partial charge in [-0.25, -0.2) is 0 Å². The minimum absolute atomic E-state index is 0.495. The largest absolute Gasteiger partial charge is 0.334 e. The molecule has 0 saturated heterocycles. The summed E-state index contributed by atoms with van der Waals surface area (Å²) in [6.45, 7) is 7.02. The van der Waals surface area contributed by atoms with Crippen molar-refractivity contribution in [3.8, 4) is 0 Å². The third kappa shape index (κ3) is 4.53.